The third kappa shape index (κ3) is 37.1. The van der Waals surface area contributed by atoms with E-state index in [-0.39, 0.29) is 13.2 Å². The van der Waals surface area contributed by atoms with E-state index in [0.29, 0.717) is 17.6 Å². The van der Waals surface area contributed by atoms with Gasteiger partial charge in [-0.15, -0.1) is 0 Å². The molecule has 0 aliphatic carbocycles. The first-order valence-electron chi connectivity index (χ1n) is 4.17. The van der Waals surface area contributed by atoms with Gasteiger partial charge in [0.1, 0.15) is 13.1 Å². The molecule has 0 saturated heterocycles. The van der Waals surface area contributed by atoms with E-state index in [2.05, 4.69) is 0 Å². The van der Waals surface area contributed by atoms with Crippen molar-refractivity contribution >= 4 is 7.81 Å². The quantitative estimate of drug-likeness (QED) is 0.471. The summed E-state index contributed by atoms with van der Waals surface area (Å²) in [6.07, 6.45) is 0. The molecule has 0 heterocycles. The molecule has 0 radical (unpaired) electrons. The summed E-state index contributed by atoms with van der Waals surface area (Å²) in [5, 5.41) is 17.1. The molecule has 0 aromatic carbocycles. The number of rotatable bonds is 4. The Morgan fingerprint density at radius 2 is 1.00 bits per heavy atom. The van der Waals surface area contributed by atoms with Gasteiger partial charge in [0.2, 0.25) is 0 Å². The first-order valence-corrected chi connectivity index (χ1v) is 6.20. The van der Waals surface area contributed by atoms with Crippen LogP contribution in [-0.2, 0) is 0 Å². The van der Waals surface area contributed by atoms with Gasteiger partial charge < -0.3 is 14.7 Å². The number of likely N-dealkylation sites (N-methyl/N-ethyl adjacent to an activating group) is 1. The van der Waals surface area contributed by atoms with Crippen LogP contribution in [0.1, 0.15) is 0 Å². The molecule has 10 heteroatoms. The van der Waals surface area contributed by atoms with Gasteiger partial charge in [0.15, 0.2) is 0 Å². The summed E-state index contributed by atoms with van der Waals surface area (Å²) in [7, 11) is -6.70. The number of hydrogen-bond donors (Lipinski definition) is 2. The van der Waals surface area contributed by atoms with Crippen LogP contribution in [0.5, 0.6) is 0 Å². The van der Waals surface area contributed by atoms with Crippen molar-refractivity contribution in [1.82, 2.24) is 0 Å². The Balaban J connectivity index is 0. The summed E-state index contributed by atoms with van der Waals surface area (Å²) in [6, 6.07) is 0. The Labute approximate surface area is 89.1 Å². The average molecular weight is 279 g/mol. The summed E-state index contributed by atoms with van der Waals surface area (Å²) < 4.78 is 59.9. The topological polar surface area (TPSA) is 40.5 Å². The van der Waals surface area contributed by atoms with Crippen molar-refractivity contribution in [2.75, 3.05) is 40.4 Å². The van der Waals surface area contributed by atoms with Crippen LogP contribution in [0, 0.1) is 0 Å². The number of nitrogens with zero attached hydrogens (tertiary/aromatic N) is 1. The zero-order valence-corrected chi connectivity index (χ0v) is 9.78. The summed E-state index contributed by atoms with van der Waals surface area (Å²) >= 11 is 0. The molecule has 104 valence electrons. The third-order valence-electron chi connectivity index (χ3n) is 1.41. The standard InChI is InChI=1S/C6H16NO2.F6P/c1-7(2,3-5-8)4-6-9;1-7(2,3,4,5)6/h8-9H,3-6H2,1-2H3;/q+1;-1. The molecule has 0 aliphatic rings. The molecule has 0 amide bonds. The molecular formula is C6H16F6NO2P. The fourth-order valence-corrected chi connectivity index (χ4v) is 0.653. The first-order chi connectivity index (χ1) is 6.57. The number of halogens is 6. The van der Waals surface area contributed by atoms with Gasteiger partial charge in [-0.25, -0.2) is 0 Å². The van der Waals surface area contributed by atoms with Crippen molar-refractivity contribution in [3.8, 4) is 0 Å². The van der Waals surface area contributed by atoms with Crippen LogP contribution in [0.4, 0.5) is 25.2 Å². The average Bonchev–Trinajstić information content (AvgIpc) is 1.77. The van der Waals surface area contributed by atoms with Gasteiger partial charge in [-0.05, 0) is 0 Å². The maximum absolute atomic E-state index is 10.7. The molecule has 0 saturated carbocycles. The molecule has 0 aliphatic heterocycles. The first kappa shape index (κ1) is 18.3. The molecule has 0 spiro atoms. The van der Waals surface area contributed by atoms with E-state index in [0.717, 1.165) is 0 Å². The molecule has 0 bridgehead atoms. The Hall–Kier alpha value is -0.110. The monoisotopic (exact) mass is 279 g/mol. The summed E-state index contributed by atoms with van der Waals surface area (Å²) in [5.74, 6) is 0. The Morgan fingerprint density at radius 3 is 1.12 bits per heavy atom. The Morgan fingerprint density at radius 1 is 0.812 bits per heavy atom. The molecule has 3 nitrogen and oxygen atoms in total. The second-order valence-electron chi connectivity index (χ2n) is 3.79. The summed E-state index contributed by atoms with van der Waals surface area (Å²) in [6.45, 7) is 1.79. The number of hydrogen-bond acceptors (Lipinski definition) is 2. The van der Waals surface area contributed by atoms with E-state index in [1.165, 1.54) is 0 Å². The minimum absolute atomic E-state index is 0.188. The Bertz CT molecular complexity index is 193. The van der Waals surface area contributed by atoms with Gasteiger partial charge in [0.25, 0.3) is 0 Å². The summed E-state index contributed by atoms with van der Waals surface area (Å²) in [4.78, 5) is 0. The van der Waals surface area contributed by atoms with E-state index in [1.54, 1.807) is 0 Å². The van der Waals surface area contributed by atoms with Crippen molar-refractivity contribution in [1.29, 1.82) is 0 Å². The molecule has 0 aromatic rings. The van der Waals surface area contributed by atoms with Gasteiger partial charge in [-0.2, -0.15) is 0 Å². The SMILES string of the molecule is C[N+](C)(CCO)CCO.F[P-](F)(F)(F)(F)F. The van der Waals surface area contributed by atoms with Crippen LogP contribution < -0.4 is 0 Å². The fourth-order valence-electron chi connectivity index (χ4n) is 0.653. The molecule has 0 aromatic heterocycles. The number of aliphatic hydroxyl groups excluding tert-OH is 2. The van der Waals surface area contributed by atoms with Crippen molar-refractivity contribution in [2.24, 2.45) is 0 Å². The van der Waals surface area contributed by atoms with Crippen LogP contribution in [0.15, 0.2) is 0 Å². The van der Waals surface area contributed by atoms with Crippen molar-refractivity contribution in [3.63, 3.8) is 0 Å². The van der Waals surface area contributed by atoms with Gasteiger partial charge in [-0.3, -0.25) is 0 Å². The predicted octanol–water partition coefficient (Wildman–Crippen LogP) is 2.43. The summed E-state index contributed by atoms with van der Waals surface area (Å²) in [5.41, 5.74) is 0. The molecule has 0 fully saturated rings. The van der Waals surface area contributed by atoms with E-state index >= 15 is 0 Å². The molecule has 0 rings (SSSR count). The van der Waals surface area contributed by atoms with Gasteiger partial charge in [0, 0.05) is 0 Å². The van der Waals surface area contributed by atoms with Crippen molar-refractivity contribution < 1.29 is 39.9 Å². The van der Waals surface area contributed by atoms with Crippen LogP contribution >= 0.6 is 7.81 Å². The van der Waals surface area contributed by atoms with Crippen molar-refractivity contribution in [3.05, 3.63) is 0 Å². The molecule has 16 heavy (non-hydrogen) atoms. The maximum atomic E-state index is 9.87. The second kappa shape index (κ2) is 4.64. The number of quaternary nitrogens is 1. The molecule has 0 atom stereocenters. The third-order valence-corrected chi connectivity index (χ3v) is 1.41. The zero-order valence-electron chi connectivity index (χ0n) is 8.89. The second-order valence-corrected chi connectivity index (χ2v) is 5.71. The fraction of sp³-hybridized carbons (Fsp3) is 1.00. The molecule has 2 N–H and O–H groups in total. The predicted molar refractivity (Wildman–Crippen MR) is 49.6 cm³/mol. The van der Waals surface area contributed by atoms with E-state index in [1.807, 2.05) is 14.1 Å². The minimum atomic E-state index is -10.7. The van der Waals surface area contributed by atoms with E-state index in [9.17, 15) is 25.2 Å². The van der Waals surface area contributed by atoms with E-state index < -0.39 is 7.81 Å². The van der Waals surface area contributed by atoms with Crippen LogP contribution in [0.3, 0.4) is 0 Å². The normalized spacial score (nSPS) is 16.9. The van der Waals surface area contributed by atoms with Gasteiger partial charge in [-0.1, -0.05) is 0 Å². The number of aliphatic hydroxyl groups is 2. The Kier molecular flexibility index (Phi) is 5.29. The molecule has 0 unspecified atom stereocenters. The van der Waals surface area contributed by atoms with Crippen molar-refractivity contribution in [2.45, 2.75) is 0 Å². The zero-order chi connectivity index (χ0) is 13.7. The van der Waals surface area contributed by atoms with E-state index in [4.69, 9.17) is 10.2 Å². The van der Waals surface area contributed by atoms with Gasteiger partial charge in [0.05, 0.1) is 27.3 Å². The molecular weight excluding hydrogens is 263 g/mol. The van der Waals surface area contributed by atoms with Crippen LogP contribution in [-0.4, -0.2) is 55.1 Å². The van der Waals surface area contributed by atoms with Crippen LogP contribution in [0.2, 0.25) is 0 Å². The van der Waals surface area contributed by atoms with Gasteiger partial charge >= 0.3 is 33.0 Å². The van der Waals surface area contributed by atoms with Crippen LogP contribution in [0.25, 0.3) is 0 Å².